The lowest BCUT2D eigenvalue weighted by molar-refractivity contribution is -0.137. The molecule has 0 saturated carbocycles. The number of nitrogens with zero attached hydrogens (tertiary/aromatic N) is 2. The van der Waals surface area contributed by atoms with Gasteiger partial charge in [0.05, 0.1) is 17.3 Å². The monoisotopic (exact) mass is 497 g/mol. The average molecular weight is 498 g/mol. The summed E-state index contributed by atoms with van der Waals surface area (Å²) in [6, 6.07) is 5.96. The molecule has 1 aliphatic rings. The Morgan fingerprint density at radius 1 is 1.27 bits per heavy atom. The van der Waals surface area contributed by atoms with Crippen molar-refractivity contribution in [2.24, 2.45) is 0 Å². The molecule has 3 aromatic rings. The molecule has 4 rings (SSSR count). The van der Waals surface area contributed by atoms with E-state index in [1.165, 1.54) is 23.0 Å². The number of aromatic nitrogens is 2. The third-order valence-electron chi connectivity index (χ3n) is 5.16. The van der Waals surface area contributed by atoms with E-state index in [0.29, 0.717) is 30.5 Å². The summed E-state index contributed by atoms with van der Waals surface area (Å²) < 4.78 is 62.9. The number of carboxylic acids is 1. The van der Waals surface area contributed by atoms with Gasteiger partial charge in [0.15, 0.2) is 11.6 Å². The molecule has 1 heterocycles. The van der Waals surface area contributed by atoms with Crippen LogP contribution in [0.4, 0.5) is 8.78 Å². The Hall–Kier alpha value is -3.02. The van der Waals surface area contributed by atoms with Gasteiger partial charge in [-0.15, -0.1) is 0 Å². The molecule has 0 radical (unpaired) electrons. The van der Waals surface area contributed by atoms with Gasteiger partial charge < -0.3 is 9.84 Å². The first-order valence-electron chi connectivity index (χ1n) is 9.85. The molecule has 0 unspecified atom stereocenters. The van der Waals surface area contributed by atoms with Crippen molar-refractivity contribution in [1.29, 1.82) is 0 Å². The van der Waals surface area contributed by atoms with E-state index in [1.807, 2.05) is 0 Å². The van der Waals surface area contributed by atoms with E-state index in [0.717, 1.165) is 24.3 Å². The first-order valence-corrected chi connectivity index (χ1v) is 11.7. The maximum atomic E-state index is 14.6. The third-order valence-corrected chi connectivity index (χ3v) is 7.10. The fraction of sp³-hybridized carbons (Fsp3) is 0.238. The summed E-state index contributed by atoms with van der Waals surface area (Å²) >= 11 is 6.15. The Balaban J connectivity index is 1.58. The van der Waals surface area contributed by atoms with Crippen LogP contribution in [-0.2, 0) is 27.8 Å². The lowest BCUT2D eigenvalue weighted by Crippen LogP contribution is -2.31. The van der Waals surface area contributed by atoms with Gasteiger partial charge in [0.2, 0.25) is 10.0 Å². The second-order valence-corrected chi connectivity index (χ2v) is 9.52. The zero-order valence-corrected chi connectivity index (χ0v) is 18.5. The summed E-state index contributed by atoms with van der Waals surface area (Å²) in [6.07, 6.45) is 3.06. The minimum absolute atomic E-state index is 0.146. The maximum absolute atomic E-state index is 14.6. The van der Waals surface area contributed by atoms with E-state index in [-0.39, 0.29) is 23.1 Å². The fourth-order valence-electron chi connectivity index (χ4n) is 3.68. The molecule has 1 aliphatic carbocycles. The topological polar surface area (TPSA) is 111 Å². The molecule has 1 aromatic heterocycles. The van der Waals surface area contributed by atoms with Crippen LogP contribution in [0.2, 0.25) is 5.02 Å². The molecule has 174 valence electrons. The Labute approximate surface area is 192 Å². The molecule has 12 heteroatoms. The summed E-state index contributed by atoms with van der Waals surface area (Å²) in [5.74, 6) is -2.70. The number of carboxylic acid groups (broad SMARTS) is 1. The molecule has 33 heavy (non-hydrogen) atoms. The molecule has 0 amide bonds. The molecule has 0 aliphatic heterocycles. The zero-order valence-electron chi connectivity index (χ0n) is 17.0. The first kappa shape index (κ1) is 23.1. The molecule has 1 atom stereocenters. The summed E-state index contributed by atoms with van der Waals surface area (Å²) in [5, 5.41) is 12.8. The molecule has 0 fully saturated rings. The maximum Gasteiger partial charge on any atom is 0.325 e. The quantitative estimate of drug-likeness (QED) is 0.509. The van der Waals surface area contributed by atoms with Gasteiger partial charge in [-0.3, -0.25) is 9.48 Å². The van der Waals surface area contributed by atoms with E-state index in [1.54, 1.807) is 0 Å². The number of fused-ring (bicyclic) bond motifs is 1. The molecular formula is C21H18ClF2N3O5S. The second-order valence-electron chi connectivity index (χ2n) is 7.43. The van der Waals surface area contributed by atoms with Gasteiger partial charge in [0.1, 0.15) is 23.0 Å². The number of aliphatic carboxylic acids is 1. The summed E-state index contributed by atoms with van der Waals surface area (Å²) in [6.45, 7) is -0.332. The minimum atomic E-state index is -4.25. The molecule has 8 nitrogen and oxygen atoms in total. The number of benzene rings is 2. The van der Waals surface area contributed by atoms with Crippen molar-refractivity contribution in [3.8, 4) is 11.5 Å². The SMILES string of the molecule is O=C(O)Cn1ncc2c1CCC[C@H]2NS(=O)(=O)c1cc(F)c(Oc2ccc(F)cc2)cc1Cl. The second kappa shape index (κ2) is 9.08. The average Bonchev–Trinajstić information content (AvgIpc) is 3.15. The van der Waals surface area contributed by atoms with Crippen LogP contribution in [-0.4, -0.2) is 29.3 Å². The Morgan fingerprint density at radius 2 is 2.00 bits per heavy atom. The zero-order chi connectivity index (χ0) is 23.8. The van der Waals surface area contributed by atoms with E-state index in [4.69, 9.17) is 21.4 Å². The van der Waals surface area contributed by atoms with Crippen LogP contribution in [0.25, 0.3) is 0 Å². The lowest BCUT2D eigenvalue weighted by atomic mass is 9.94. The normalized spacial score (nSPS) is 15.8. The number of sulfonamides is 1. The summed E-state index contributed by atoms with van der Waals surface area (Å²) in [4.78, 5) is 10.6. The van der Waals surface area contributed by atoms with Gasteiger partial charge >= 0.3 is 5.97 Å². The van der Waals surface area contributed by atoms with Crippen molar-refractivity contribution >= 4 is 27.6 Å². The van der Waals surface area contributed by atoms with Crippen LogP contribution in [0, 0.1) is 11.6 Å². The number of hydrogen-bond donors (Lipinski definition) is 2. The predicted molar refractivity (Wildman–Crippen MR) is 114 cm³/mol. The van der Waals surface area contributed by atoms with E-state index >= 15 is 0 Å². The molecule has 2 aromatic carbocycles. The van der Waals surface area contributed by atoms with Crippen LogP contribution in [0.5, 0.6) is 11.5 Å². The van der Waals surface area contributed by atoms with Crippen LogP contribution in [0.15, 0.2) is 47.5 Å². The van der Waals surface area contributed by atoms with Crippen molar-refractivity contribution in [2.45, 2.75) is 36.7 Å². The van der Waals surface area contributed by atoms with Crippen molar-refractivity contribution in [1.82, 2.24) is 14.5 Å². The third kappa shape index (κ3) is 5.00. The van der Waals surface area contributed by atoms with Crippen molar-refractivity contribution in [3.05, 3.63) is 70.5 Å². The molecular weight excluding hydrogens is 480 g/mol. The van der Waals surface area contributed by atoms with Gasteiger partial charge in [-0.2, -0.15) is 5.10 Å². The Bertz CT molecular complexity index is 1310. The standard InChI is InChI=1S/C21H18ClF2N3O5S/c22-15-8-19(32-13-6-4-12(23)5-7-13)16(24)9-20(15)33(30,31)26-17-2-1-3-18-14(17)10-25-27(18)11-21(28)29/h4-10,17,26H,1-3,11H2,(H,28,29)/t17-/m1/s1. The highest BCUT2D eigenvalue weighted by Crippen LogP contribution is 2.35. The number of nitrogens with one attached hydrogen (secondary N) is 1. The Kier molecular flexibility index (Phi) is 6.37. The van der Waals surface area contributed by atoms with Gasteiger partial charge in [0, 0.05) is 17.3 Å². The fourth-order valence-corrected chi connectivity index (χ4v) is 5.46. The van der Waals surface area contributed by atoms with Crippen LogP contribution < -0.4 is 9.46 Å². The highest BCUT2D eigenvalue weighted by Gasteiger charge is 2.30. The molecule has 0 bridgehead atoms. The van der Waals surface area contributed by atoms with Gasteiger partial charge in [0.25, 0.3) is 0 Å². The number of ether oxygens (including phenoxy) is 1. The number of hydrogen-bond acceptors (Lipinski definition) is 5. The van der Waals surface area contributed by atoms with E-state index in [2.05, 4.69) is 9.82 Å². The number of rotatable bonds is 7. The highest BCUT2D eigenvalue weighted by molar-refractivity contribution is 7.89. The minimum Gasteiger partial charge on any atom is -0.480 e. The summed E-state index contributed by atoms with van der Waals surface area (Å²) in [5.41, 5.74) is 1.20. The summed E-state index contributed by atoms with van der Waals surface area (Å²) in [7, 11) is -4.25. The van der Waals surface area contributed by atoms with Crippen molar-refractivity contribution in [2.75, 3.05) is 0 Å². The highest BCUT2D eigenvalue weighted by atomic mass is 35.5. The van der Waals surface area contributed by atoms with Gasteiger partial charge in [-0.05, 0) is 49.6 Å². The van der Waals surface area contributed by atoms with Crippen LogP contribution >= 0.6 is 11.6 Å². The predicted octanol–water partition coefficient (Wildman–Crippen LogP) is 4.05. The number of halogens is 3. The van der Waals surface area contributed by atoms with Crippen LogP contribution in [0.3, 0.4) is 0 Å². The lowest BCUT2D eigenvalue weighted by Gasteiger charge is -2.24. The molecule has 0 saturated heterocycles. The largest absolute Gasteiger partial charge is 0.480 e. The van der Waals surface area contributed by atoms with Gasteiger partial charge in [-0.25, -0.2) is 21.9 Å². The van der Waals surface area contributed by atoms with E-state index < -0.39 is 38.6 Å². The Morgan fingerprint density at radius 3 is 2.70 bits per heavy atom. The van der Waals surface area contributed by atoms with Gasteiger partial charge in [-0.1, -0.05) is 11.6 Å². The van der Waals surface area contributed by atoms with Crippen molar-refractivity contribution in [3.63, 3.8) is 0 Å². The molecule has 2 N–H and O–H groups in total. The first-order chi connectivity index (χ1) is 15.6. The van der Waals surface area contributed by atoms with Crippen LogP contribution in [0.1, 0.15) is 30.1 Å². The smallest absolute Gasteiger partial charge is 0.325 e. The molecule has 0 spiro atoms. The number of carbonyl (C=O) groups is 1. The van der Waals surface area contributed by atoms with E-state index in [9.17, 15) is 22.0 Å². The van der Waals surface area contributed by atoms with Crippen molar-refractivity contribution < 1.29 is 31.8 Å².